The van der Waals surface area contributed by atoms with E-state index in [9.17, 15) is 22.6 Å². The second kappa shape index (κ2) is 6.48. The van der Waals surface area contributed by atoms with Crippen LogP contribution in [0.1, 0.15) is 5.56 Å². The second-order valence-electron chi connectivity index (χ2n) is 5.49. The number of amides is 1. The summed E-state index contributed by atoms with van der Waals surface area (Å²) >= 11 is 0. The Hall–Kier alpha value is -2.83. The molecular formula is C14H13BFN3O6S. The smallest absolute Gasteiger partial charge is 0.465 e. The highest BCUT2D eigenvalue weighted by molar-refractivity contribution is 7.92. The third-order valence-electron chi connectivity index (χ3n) is 3.67. The summed E-state index contributed by atoms with van der Waals surface area (Å²) < 4.78 is 46.4. The number of halogens is 1. The lowest BCUT2D eigenvalue weighted by atomic mass is 9.79. The number of carboxylic acid groups (broad SMARTS) is 1. The third-order valence-corrected chi connectivity index (χ3v) is 5.09. The largest absolute Gasteiger partial charge is 0.491 e. The van der Waals surface area contributed by atoms with Gasteiger partial charge in [-0.25, -0.2) is 17.6 Å². The maximum Gasteiger partial charge on any atom is 0.491 e. The Morgan fingerprint density at radius 2 is 2.00 bits per heavy atom. The van der Waals surface area contributed by atoms with Crippen LogP contribution in [0.3, 0.4) is 0 Å². The molecule has 136 valence electrons. The fourth-order valence-corrected chi connectivity index (χ4v) is 3.72. The van der Waals surface area contributed by atoms with Gasteiger partial charge in [0.25, 0.3) is 10.0 Å². The van der Waals surface area contributed by atoms with Crippen LogP contribution < -0.4 is 21.2 Å². The maximum atomic E-state index is 14.2. The van der Waals surface area contributed by atoms with Gasteiger partial charge in [0.2, 0.25) is 0 Å². The Morgan fingerprint density at radius 3 is 2.69 bits per heavy atom. The van der Waals surface area contributed by atoms with Gasteiger partial charge in [-0.2, -0.15) is 0 Å². The molecule has 26 heavy (non-hydrogen) atoms. The first-order chi connectivity index (χ1) is 12.2. The monoisotopic (exact) mass is 381 g/mol. The number of rotatable bonds is 4. The highest BCUT2D eigenvalue weighted by Gasteiger charge is 2.30. The Morgan fingerprint density at radius 1 is 1.27 bits per heavy atom. The molecule has 0 unspecified atom stereocenters. The van der Waals surface area contributed by atoms with Crippen molar-refractivity contribution in [3.63, 3.8) is 0 Å². The molecule has 0 radical (unpaired) electrons. The molecule has 12 heteroatoms. The van der Waals surface area contributed by atoms with Gasteiger partial charge in [-0.15, -0.1) is 0 Å². The maximum absolute atomic E-state index is 14.2. The number of sulfonamides is 1. The molecule has 0 aromatic heterocycles. The predicted molar refractivity (Wildman–Crippen MR) is 92.1 cm³/mol. The fourth-order valence-electron chi connectivity index (χ4n) is 2.52. The van der Waals surface area contributed by atoms with Crippen molar-refractivity contribution in [2.75, 3.05) is 15.8 Å². The zero-order chi connectivity index (χ0) is 19.1. The molecular weight excluding hydrogens is 368 g/mol. The van der Waals surface area contributed by atoms with E-state index in [-0.39, 0.29) is 23.4 Å². The SMILES string of the molecule is Nc1ccc(S(=O)(=O)Nc2cc3c(cc2F)COB3O)c(NC(=O)O)c1. The van der Waals surface area contributed by atoms with Gasteiger partial charge in [0.05, 0.1) is 18.0 Å². The molecule has 1 aliphatic rings. The summed E-state index contributed by atoms with van der Waals surface area (Å²) in [5.41, 5.74) is 5.64. The van der Waals surface area contributed by atoms with Crippen molar-refractivity contribution in [1.29, 1.82) is 0 Å². The van der Waals surface area contributed by atoms with Crippen LogP contribution in [-0.4, -0.2) is 31.8 Å². The van der Waals surface area contributed by atoms with E-state index in [1.54, 1.807) is 0 Å². The van der Waals surface area contributed by atoms with Crippen molar-refractivity contribution in [1.82, 2.24) is 0 Å². The Kier molecular flexibility index (Phi) is 4.48. The van der Waals surface area contributed by atoms with Crippen LogP contribution in [0.5, 0.6) is 0 Å². The average molecular weight is 381 g/mol. The number of anilines is 3. The van der Waals surface area contributed by atoms with Crippen LogP contribution in [0, 0.1) is 5.82 Å². The molecule has 0 saturated carbocycles. The molecule has 0 aliphatic carbocycles. The molecule has 0 fully saturated rings. The first-order valence-corrected chi connectivity index (χ1v) is 8.70. The van der Waals surface area contributed by atoms with Crippen LogP contribution in [0.25, 0.3) is 0 Å². The summed E-state index contributed by atoms with van der Waals surface area (Å²) in [5.74, 6) is -0.867. The van der Waals surface area contributed by atoms with Gasteiger partial charge in [-0.3, -0.25) is 10.0 Å². The zero-order valence-corrected chi connectivity index (χ0v) is 13.9. The normalized spacial score (nSPS) is 13.4. The van der Waals surface area contributed by atoms with Gasteiger partial charge in [-0.1, -0.05) is 0 Å². The van der Waals surface area contributed by atoms with E-state index in [2.05, 4.69) is 0 Å². The van der Waals surface area contributed by atoms with Gasteiger partial charge >= 0.3 is 13.2 Å². The van der Waals surface area contributed by atoms with E-state index < -0.39 is 39.6 Å². The highest BCUT2D eigenvalue weighted by Crippen LogP contribution is 2.27. The van der Waals surface area contributed by atoms with E-state index in [1.165, 1.54) is 6.07 Å². The molecule has 3 rings (SSSR count). The topological polar surface area (TPSA) is 151 Å². The quantitative estimate of drug-likeness (QED) is 0.382. The molecule has 0 saturated heterocycles. The summed E-state index contributed by atoms with van der Waals surface area (Å²) in [7, 11) is -5.64. The molecule has 2 aromatic rings. The lowest BCUT2D eigenvalue weighted by molar-refractivity contribution is 0.209. The van der Waals surface area contributed by atoms with Crippen molar-refractivity contribution >= 4 is 45.8 Å². The van der Waals surface area contributed by atoms with Gasteiger partial charge in [0, 0.05) is 5.69 Å². The Balaban J connectivity index is 2.01. The van der Waals surface area contributed by atoms with Gasteiger partial charge in [0.15, 0.2) is 0 Å². The number of hydrogen-bond acceptors (Lipinski definition) is 6. The van der Waals surface area contributed by atoms with Crippen molar-refractivity contribution in [3.05, 3.63) is 41.7 Å². The average Bonchev–Trinajstić information content (AvgIpc) is 2.87. The van der Waals surface area contributed by atoms with E-state index in [0.29, 0.717) is 5.56 Å². The highest BCUT2D eigenvalue weighted by atomic mass is 32.2. The third kappa shape index (κ3) is 3.42. The van der Waals surface area contributed by atoms with Gasteiger partial charge in [0.1, 0.15) is 10.7 Å². The van der Waals surface area contributed by atoms with Gasteiger partial charge < -0.3 is 20.5 Å². The minimum atomic E-state index is -4.36. The van der Waals surface area contributed by atoms with E-state index in [0.717, 1.165) is 24.3 Å². The van der Waals surface area contributed by atoms with Crippen LogP contribution in [0.15, 0.2) is 35.2 Å². The second-order valence-corrected chi connectivity index (χ2v) is 7.14. The Bertz CT molecular complexity index is 1000. The number of carbonyl (C=O) groups is 1. The number of benzene rings is 2. The number of fused-ring (bicyclic) bond motifs is 1. The van der Waals surface area contributed by atoms with Crippen LogP contribution in [0.4, 0.5) is 26.2 Å². The van der Waals surface area contributed by atoms with Crippen LogP contribution >= 0.6 is 0 Å². The van der Waals surface area contributed by atoms with E-state index in [4.69, 9.17) is 15.5 Å². The minimum absolute atomic E-state index is 0.00505. The standard InChI is InChI=1S/C14H13BFN3O6S/c16-10-3-7-6-25-15(22)9(7)5-11(10)19-26(23,24)13-2-1-8(17)4-12(13)18-14(20)21/h1-5,18-19,22H,6,17H2,(H,20,21). The molecule has 1 heterocycles. The predicted octanol–water partition coefficient (Wildman–Crippen LogP) is 0.516. The molecule has 0 atom stereocenters. The van der Waals surface area contributed by atoms with Crippen molar-refractivity contribution in [2.24, 2.45) is 0 Å². The molecule has 1 amide bonds. The minimum Gasteiger partial charge on any atom is -0.465 e. The molecule has 9 nitrogen and oxygen atoms in total. The van der Waals surface area contributed by atoms with Crippen molar-refractivity contribution < 1.29 is 32.4 Å². The number of nitrogen functional groups attached to an aromatic ring is 1. The van der Waals surface area contributed by atoms with Crippen molar-refractivity contribution in [3.8, 4) is 0 Å². The summed E-state index contributed by atoms with van der Waals surface area (Å²) in [4.78, 5) is 10.4. The molecule has 2 aromatic carbocycles. The fraction of sp³-hybridized carbons (Fsp3) is 0.0714. The number of nitrogens with two attached hydrogens (primary N) is 1. The molecule has 6 N–H and O–H groups in total. The summed E-state index contributed by atoms with van der Waals surface area (Å²) in [6.45, 7) is 0.00505. The van der Waals surface area contributed by atoms with Crippen molar-refractivity contribution in [2.45, 2.75) is 11.5 Å². The van der Waals surface area contributed by atoms with Crippen LogP contribution in [-0.2, 0) is 21.3 Å². The number of hydrogen-bond donors (Lipinski definition) is 5. The van der Waals surface area contributed by atoms with E-state index in [1.807, 2.05) is 10.0 Å². The molecule has 0 bridgehead atoms. The first kappa shape index (κ1) is 18.0. The lowest BCUT2D eigenvalue weighted by Crippen LogP contribution is -2.29. The Labute approximate surface area is 147 Å². The molecule has 0 spiro atoms. The van der Waals surface area contributed by atoms with Crippen LogP contribution in [0.2, 0.25) is 0 Å². The summed E-state index contributed by atoms with van der Waals surface area (Å²) in [6.07, 6.45) is -1.49. The summed E-state index contributed by atoms with van der Waals surface area (Å²) in [5, 5.41) is 20.5. The zero-order valence-electron chi connectivity index (χ0n) is 13.1. The summed E-state index contributed by atoms with van der Waals surface area (Å²) in [6, 6.07) is 5.66. The van der Waals surface area contributed by atoms with E-state index >= 15 is 0 Å². The van der Waals surface area contributed by atoms with Gasteiger partial charge in [-0.05, 0) is 41.4 Å². The number of nitrogens with one attached hydrogen (secondary N) is 2. The first-order valence-electron chi connectivity index (χ1n) is 7.21. The molecule has 1 aliphatic heterocycles. The lowest BCUT2D eigenvalue weighted by Gasteiger charge is -2.14.